The largest absolute Gasteiger partial charge is 0.486 e. The first-order valence-corrected chi connectivity index (χ1v) is 6.09. The van der Waals surface area contributed by atoms with Crippen molar-refractivity contribution in [1.29, 1.82) is 0 Å². The lowest BCUT2D eigenvalue weighted by Crippen LogP contribution is -2.46. The molecule has 0 amide bonds. The van der Waals surface area contributed by atoms with E-state index >= 15 is 0 Å². The SMILES string of the molecule is Cc1ccc2c(c1)OC1(CCOCC1)CC2=O. The third-order valence-corrected chi connectivity index (χ3v) is 3.65. The van der Waals surface area contributed by atoms with Crippen molar-refractivity contribution >= 4 is 5.78 Å². The van der Waals surface area contributed by atoms with Gasteiger partial charge in [-0.1, -0.05) is 6.07 Å². The maximum atomic E-state index is 12.1. The summed E-state index contributed by atoms with van der Waals surface area (Å²) in [6.45, 7) is 3.39. The minimum absolute atomic E-state index is 0.202. The summed E-state index contributed by atoms with van der Waals surface area (Å²) in [5.74, 6) is 0.955. The fourth-order valence-corrected chi connectivity index (χ4v) is 2.62. The third kappa shape index (κ3) is 1.84. The van der Waals surface area contributed by atoms with E-state index in [0.29, 0.717) is 19.6 Å². The number of hydrogen-bond acceptors (Lipinski definition) is 3. The predicted molar refractivity (Wildman–Crippen MR) is 63.5 cm³/mol. The second kappa shape index (κ2) is 3.84. The number of aryl methyl sites for hydroxylation is 1. The molecule has 1 fully saturated rings. The average molecular weight is 232 g/mol. The van der Waals surface area contributed by atoms with E-state index in [1.54, 1.807) is 0 Å². The van der Waals surface area contributed by atoms with Crippen LogP contribution in [0.4, 0.5) is 0 Å². The lowest BCUT2D eigenvalue weighted by Gasteiger charge is -2.40. The first kappa shape index (κ1) is 10.8. The molecule has 3 nitrogen and oxygen atoms in total. The van der Waals surface area contributed by atoms with Crippen LogP contribution in [-0.4, -0.2) is 24.6 Å². The van der Waals surface area contributed by atoms with Crippen molar-refractivity contribution in [2.24, 2.45) is 0 Å². The summed E-state index contributed by atoms with van der Waals surface area (Å²) in [5.41, 5.74) is 1.55. The summed E-state index contributed by atoms with van der Waals surface area (Å²) in [4.78, 5) is 12.1. The Morgan fingerprint density at radius 1 is 1.24 bits per heavy atom. The van der Waals surface area contributed by atoms with Crippen LogP contribution in [-0.2, 0) is 4.74 Å². The molecule has 2 heterocycles. The van der Waals surface area contributed by atoms with Crippen LogP contribution in [0.3, 0.4) is 0 Å². The van der Waals surface area contributed by atoms with Crippen LogP contribution in [0.1, 0.15) is 35.2 Å². The van der Waals surface area contributed by atoms with Gasteiger partial charge in [-0.05, 0) is 24.6 Å². The Labute approximate surface area is 101 Å². The number of benzene rings is 1. The zero-order chi connectivity index (χ0) is 11.9. The van der Waals surface area contributed by atoms with Gasteiger partial charge in [0, 0.05) is 12.8 Å². The van der Waals surface area contributed by atoms with Crippen molar-refractivity contribution in [3.8, 4) is 5.75 Å². The standard InChI is InChI=1S/C14H16O3/c1-10-2-3-11-12(15)9-14(17-13(11)8-10)4-6-16-7-5-14/h2-3,8H,4-7,9H2,1H3. The topological polar surface area (TPSA) is 35.5 Å². The van der Waals surface area contributed by atoms with Crippen LogP contribution in [0.15, 0.2) is 18.2 Å². The first-order chi connectivity index (χ1) is 8.19. The summed E-state index contributed by atoms with van der Waals surface area (Å²) in [6.07, 6.45) is 2.12. The summed E-state index contributed by atoms with van der Waals surface area (Å²) in [5, 5.41) is 0. The van der Waals surface area contributed by atoms with Crippen molar-refractivity contribution < 1.29 is 14.3 Å². The fourth-order valence-electron chi connectivity index (χ4n) is 2.62. The highest BCUT2D eigenvalue weighted by Gasteiger charge is 2.41. The molecule has 0 atom stereocenters. The monoisotopic (exact) mass is 232 g/mol. The molecular formula is C14H16O3. The molecule has 3 rings (SSSR count). The van der Waals surface area contributed by atoms with Gasteiger partial charge in [0.05, 0.1) is 25.2 Å². The number of hydrogen-bond donors (Lipinski definition) is 0. The number of ketones is 1. The molecule has 0 aliphatic carbocycles. The normalized spacial score (nSPS) is 22.1. The Bertz CT molecular complexity index is 459. The van der Waals surface area contributed by atoms with Gasteiger partial charge in [-0.2, -0.15) is 0 Å². The smallest absolute Gasteiger partial charge is 0.170 e. The number of rotatable bonds is 0. The Balaban J connectivity index is 1.98. The zero-order valence-corrected chi connectivity index (χ0v) is 9.99. The van der Waals surface area contributed by atoms with Crippen LogP contribution in [0.2, 0.25) is 0 Å². The molecule has 1 aromatic rings. The van der Waals surface area contributed by atoms with Gasteiger partial charge in [-0.25, -0.2) is 0 Å². The summed E-state index contributed by atoms with van der Waals surface area (Å²) >= 11 is 0. The van der Waals surface area contributed by atoms with Crippen LogP contribution in [0.5, 0.6) is 5.75 Å². The highest BCUT2D eigenvalue weighted by molar-refractivity contribution is 6.00. The number of Topliss-reactive ketones (excluding diaryl/α,β-unsaturated/α-hetero) is 1. The van der Waals surface area contributed by atoms with E-state index in [9.17, 15) is 4.79 Å². The zero-order valence-electron chi connectivity index (χ0n) is 9.99. The third-order valence-electron chi connectivity index (χ3n) is 3.65. The van der Waals surface area contributed by atoms with Crippen molar-refractivity contribution in [2.75, 3.05) is 13.2 Å². The van der Waals surface area contributed by atoms with Crippen LogP contribution < -0.4 is 4.74 Å². The number of fused-ring (bicyclic) bond motifs is 1. The molecule has 1 saturated heterocycles. The van der Waals surface area contributed by atoms with E-state index in [1.165, 1.54) is 0 Å². The number of carbonyl (C=O) groups is 1. The van der Waals surface area contributed by atoms with Crippen LogP contribution >= 0.6 is 0 Å². The molecular weight excluding hydrogens is 216 g/mol. The summed E-state index contributed by atoms with van der Waals surface area (Å²) in [7, 11) is 0. The van der Waals surface area contributed by atoms with Crippen molar-refractivity contribution in [1.82, 2.24) is 0 Å². The Morgan fingerprint density at radius 2 is 2.00 bits per heavy atom. The molecule has 1 spiro atoms. The molecule has 1 aromatic carbocycles. The molecule has 0 bridgehead atoms. The summed E-state index contributed by atoms with van der Waals surface area (Å²) < 4.78 is 11.5. The molecule has 17 heavy (non-hydrogen) atoms. The van der Waals surface area contributed by atoms with Gasteiger partial charge in [0.1, 0.15) is 11.4 Å². The highest BCUT2D eigenvalue weighted by atomic mass is 16.5. The lowest BCUT2D eigenvalue weighted by atomic mass is 9.84. The molecule has 3 heteroatoms. The number of carbonyl (C=O) groups excluding carboxylic acids is 1. The van der Waals surface area contributed by atoms with Gasteiger partial charge in [0.25, 0.3) is 0 Å². The lowest BCUT2D eigenvalue weighted by molar-refractivity contribution is -0.0504. The van der Waals surface area contributed by atoms with Gasteiger partial charge in [0.2, 0.25) is 0 Å². The Morgan fingerprint density at radius 3 is 2.76 bits per heavy atom. The minimum Gasteiger partial charge on any atom is -0.486 e. The second-order valence-electron chi connectivity index (χ2n) is 5.00. The Kier molecular flexibility index (Phi) is 2.44. The molecule has 0 saturated carbocycles. The van der Waals surface area contributed by atoms with Gasteiger partial charge in [-0.15, -0.1) is 0 Å². The van der Waals surface area contributed by atoms with Crippen LogP contribution in [0, 0.1) is 6.92 Å². The van der Waals surface area contributed by atoms with Crippen LogP contribution in [0.25, 0.3) is 0 Å². The first-order valence-electron chi connectivity index (χ1n) is 6.09. The molecule has 0 N–H and O–H groups in total. The van der Waals surface area contributed by atoms with Gasteiger partial charge in [-0.3, -0.25) is 4.79 Å². The van der Waals surface area contributed by atoms with Crippen molar-refractivity contribution in [2.45, 2.75) is 31.8 Å². The van der Waals surface area contributed by atoms with Gasteiger partial charge in [0.15, 0.2) is 5.78 Å². The highest BCUT2D eigenvalue weighted by Crippen LogP contribution is 2.39. The van der Waals surface area contributed by atoms with Crippen molar-refractivity contribution in [3.63, 3.8) is 0 Å². The van der Waals surface area contributed by atoms with E-state index in [4.69, 9.17) is 9.47 Å². The van der Waals surface area contributed by atoms with E-state index in [1.807, 2.05) is 25.1 Å². The van der Waals surface area contributed by atoms with E-state index in [0.717, 1.165) is 29.7 Å². The van der Waals surface area contributed by atoms with Gasteiger partial charge >= 0.3 is 0 Å². The van der Waals surface area contributed by atoms with E-state index in [-0.39, 0.29) is 11.4 Å². The van der Waals surface area contributed by atoms with E-state index in [2.05, 4.69) is 0 Å². The predicted octanol–water partition coefficient (Wildman–Crippen LogP) is 2.51. The fraction of sp³-hybridized carbons (Fsp3) is 0.500. The maximum absolute atomic E-state index is 12.1. The molecule has 2 aliphatic rings. The second-order valence-corrected chi connectivity index (χ2v) is 5.00. The summed E-state index contributed by atoms with van der Waals surface area (Å²) in [6, 6.07) is 5.80. The molecule has 0 unspecified atom stereocenters. The van der Waals surface area contributed by atoms with Crippen molar-refractivity contribution in [3.05, 3.63) is 29.3 Å². The quantitative estimate of drug-likeness (QED) is 0.689. The number of ether oxygens (including phenoxy) is 2. The maximum Gasteiger partial charge on any atom is 0.170 e. The van der Waals surface area contributed by atoms with Gasteiger partial charge < -0.3 is 9.47 Å². The molecule has 0 aromatic heterocycles. The molecule has 2 aliphatic heterocycles. The minimum atomic E-state index is -0.309. The van der Waals surface area contributed by atoms with E-state index < -0.39 is 0 Å². The average Bonchev–Trinajstić information content (AvgIpc) is 2.29. The molecule has 0 radical (unpaired) electrons. The molecule has 90 valence electrons. The Hall–Kier alpha value is -1.35.